The van der Waals surface area contributed by atoms with Crippen LogP contribution in [0.15, 0.2) is 0 Å². The van der Waals surface area contributed by atoms with Crippen LogP contribution in [0.3, 0.4) is 0 Å². The first-order valence-electron chi connectivity index (χ1n) is 30.3. The van der Waals surface area contributed by atoms with E-state index in [4.69, 9.17) is 76.2 Å². The van der Waals surface area contributed by atoms with Gasteiger partial charge in [-0.15, -0.1) is 20.3 Å². The van der Waals surface area contributed by atoms with E-state index in [1.165, 1.54) is 9.80 Å². The van der Waals surface area contributed by atoms with E-state index in [1.54, 1.807) is 0 Å². The molecule has 92 heavy (non-hydrogen) atoms. The molecule has 4 aliphatic heterocycles. The highest BCUT2D eigenvalue weighted by atomic mass is 16.7. The van der Waals surface area contributed by atoms with Crippen molar-refractivity contribution in [3.8, 4) is 0 Å². The molecule has 0 bridgehead atoms. The smallest absolute Gasteiger partial charge is 0.335 e. The number of imide groups is 4. The Kier molecular flexibility index (Phi) is 39.4. The Hall–Kier alpha value is -7.10. The summed E-state index contributed by atoms with van der Waals surface area (Å²) in [4.78, 5) is 191. The summed E-state index contributed by atoms with van der Waals surface area (Å²) in [6, 6.07) is 0. The van der Waals surface area contributed by atoms with Gasteiger partial charge in [0.25, 0.3) is 47.3 Å². The lowest BCUT2D eigenvalue weighted by atomic mass is 10.2. The van der Waals surface area contributed by atoms with Gasteiger partial charge < -0.3 is 86.0 Å². The molecular weight excluding hydrogens is 1240 g/mol. The molecule has 4 fully saturated rings. The molecule has 518 valence electrons. The summed E-state index contributed by atoms with van der Waals surface area (Å²) in [6.07, 6.45) is -1.27. The third kappa shape index (κ3) is 33.0. The van der Waals surface area contributed by atoms with Gasteiger partial charge in [0, 0.05) is 90.4 Å². The van der Waals surface area contributed by atoms with Crippen molar-refractivity contribution in [3.05, 3.63) is 0 Å². The molecule has 0 spiro atoms. The topological polar surface area (TPSA) is 406 Å². The van der Waals surface area contributed by atoms with Crippen LogP contribution in [0.1, 0.15) is 89.9 Å². The molecule has 4 saturated heterocycles. The van der Waals surface area contributed by atoms with Crippen LogP contribution in [0.25, 0.3) is 0 Å². The number of carbonyl (C=O) groups is 14. The molecule has 0 radical (unpaired) electrons. The van der Waals surface area contributed by atoms with Gasteiger partial charge in [0.2, 0.25) is 11.8 Å². The van der Waals surface area contributed by atoms with Crippen molar-refractivity contribution in [1.29, 1.82) is 0 Å². The van der Waals surface area contributed by atoms with Crippen LogP contribution in [-0.4, -0.2) is 298 Å². The van der Waals surface area contributed by atoms with Crippen molar-refractivity contribution in [2.45, 2.75) is 89.9 Å². The van der Waals surface area contributed by atoms with E-state index in [0.717, 1.165) is 0 Å². The fourth-order valence-corrected chi connectivity index (χ4v) is 7.96. The van der Waals surface area contributed by atoms with Crippen molar-refractivity contribution in [2.75, 3.05) is 185 Å². The van der Waals surface area contributed by atoms with E-state index >= 15 is 0 Å². The van der Waals surface area contributed by atoms with E-state index in [2.05, 4.69) is 0 Å². The standard InChI is InChI=1S/C56H84N6O30/c63-43(57(15-23-81-31-39-85-35-27-77-19-11-53(73)89-59-45(65)3-4-46(59)66)16-24-82-32-40-86-36-28-78-20-12-54(74)90-60-47(67)5-6-48(60)68)1-2-44(64)58(17-25-83-33-41-87-37-29-79-21-13-55(75)91-61-49(69)7-8-50(61)70)18-26-84-34-42-88-38-30-80-22-14-56(76)92-62-51(71)9-10-52(62)72/h1-42H2. The van der Waals surface area contributed by atoms with Gasteiger partial charge in [0.05, 0.1) is 184 Å². The Morgan fingerprint density at radius 3 is 0.554 bits per heavy atom. The average molecular weight is 1320 g/mol. The quantitative estimate of drug-likeness (QED) is 0.0453. The number of amides is 10. The molecule has 0 atom stereocenters. The molecule has 4 aliphatic rings. The van der Waals surface area contributed by atoms with Gasteiger partial charge in [-0.3, -0.25) is 47.9 Å². The molecule has 4 heterocycles. The van der Waals surface area contributed by atoms with Crippen LogP contribution in [0.4, 0.5) is 0 Å². The summed E-state index contributed by atoms with van der Waals surface area (Å²) in [7, 11) is 0. The summed E-state index contributed by atoms with van der Waals surface area (Å²) >= 11 is 0. The highest BCUT2D eigenvalue weighted by Crippen LogP contribution is 2.16. The molecule has 0 N–H and O–H groups in total. The lowest BCUT2D eigenvalue weighted by Gasteiger charge is -2.25. The zero-order chi connectivity index (χ0) is 66.6. The van der Waals surface area contributed by atoms with E-state index in [0.29, 0.717) is 20.3 Å². The Bertz CT molecular complexity index is 2030. The van der Waals surface area contributed by atoms with Crippen molar-refractivity contribution in [3.63, 3.8) is 0 Å². The maximum atomic E-state index is 13.7. The van der Waals surface area contributed by atoms with E-state index in [9.17, 15) is 67.1 Å². The molecule has 0 aliphatic carbocycles. The Balaban J connectivity index is 1.16. The summed E-state index contributed by atoms with van der Waals surface area (Å²) < 4.78 is 66.5. The zero-order valence-corrected chi connectivity index (χ0v) is 51.6. The molecule has 0 saturated carbocycles. The highest BCUT2D eigenvalue weighted by molar-refractivity contribution is 6.03. The molecule has 0 aromatic rings. The minimum atomic E-state index is -0.792. The minimum Gasteiger partial charge on any atom is -0.378 e. The van der Waals surface area contributed by atoms with Gasteiger partial charge in [-0.1, -0.05) is 0 Å². The lowest BCUT2D eigenvalue weighted by molar-refractivity contribution is -0.198. The molecule has 0 aromatic heterocycles. The number of hydrogen-bond donors (Lipinski definition) is 0. The van der Waals surface area contributed by atoms with Gasteiger partial charge in [-0.05, 0) is 0 Å². The van der Waals surface area contributed by atoms with E-state index < -0.39 is 71.1 Å². The van der Waals surface area contributed by atoms with Gasteiger partial charge >= 0.3 is 23.9 Å². The summed E-state index contributed by atoms with van der Waals surface area (Å²) in [5.41, 5.74) is 0. The predicted octanol–water partition coefficient (Wildman–Crippen LogP) is -2.39. The van der Waals surface area contributed by atoms with Gasteiger partial charge in [0.1, 0.15) is 0 Å². The fraction of sp³-hybridized carbons (Fsp3) is 0.750. The normalized spacial score (nSPS) is 15.0. The Morgan fingerprint density at radius 2 is 0.380 bits per heavy atom. The third-order valence-corrected chi connectivity index (χ3v) is 12.9. The van der Waals surface area contributed by atoms with Crippen LogP contribution in [0, 0.1) is 0 Å². The monoisotopic (exact) mass is 1320 g/mol. The minimum absolute atomic E-state index is 0.0192. The van der Waals surface area contributed by atoms with Crippen LogP contribution in [0.5, 0.6) is 0 Å². The maximum absolute atomic E-state index is 13.7. The molecule has 36 nitrogen and oxygen atoms in total. The van der Waals surface area contributed by atoms with Crippen LogP contribution < -0.4 is 0 Å². The van der Waals surface area contributed by atoms with Gasteiger partial charge in [-0.25, -0.2) is 19.2 Å². The summed E-state index contributed by atoms with van der Waals surface area (Å²) in [5.74, 6) is -8.57. The van der Waals surface area contributed by atoms with Crippen molar-refractivity contribution >= 4 is 82.9 Å². The second kappa shape index (κ2) is 46.9. The molecular formula is C56H84N6O30. The number of carbonyl (C=O) groups excluding carboxylic acids is 14. The molecule has 0 aromatic carbocycles. The van der Waals surface area contributed by atoms with Crippen LogP contribution in [0.2, 0.25) is 0 Å². The molecule has 4 rings (SSSR count). The van der Waals surface area contributed by atoms with Crippen molar-refractivity contribution in [1.82, 2.24) is 30.1 Å². The largest absolute Gasteiger partial charge is 0.378 e. The highest BCUT2D eigenvalue weighted by Gasteiger charge is 2.36. The molecule has 10 amide bonds. The SMILES string of the molecule is O=C(CCOCCOCCOCCN(CCOCCOCCOCCC(=O)ON1C(=O)CCC1=O)C(=O)CCC(=O)N(CCOCCOCCOCCC(=O)ON1C(=O)CCC1=O)CCOCCOCCOCCC(=O)ON1C(=O)CCC1=O)ON1C(=O)CCC1=O. The van der Waals surface area contributed by atoms with Crippen molar-refractivity contribution in [2.24, 2.45) is 0 Å². The fourth-order valence-electron chi connectivity index (χ4n) is 7.96. The number of nitrogens with zero attached hydrogens (tertiary/aromatic N) is 6. The predicted molar refractivity (Wildman–Crippen MR) is 299 cm³/mol. The number of rotatable bonds is 55. The van der Waals surface area contributed by atoms with Crippen molar-refractivity contribution < 1.29 is 143 Å². The second-order valence-electron chi connectivity index (χ2n) is 19.8. The average Bonchev–Trinajstić information content (AvgIpc) is 2.43. The molecule has 36 heteroatoms. The number of hydrogen-bond acceptors (Lipinski definition) is 30. The van der Waals surface area contributed by atoms with Gasteiger partial charge in [0.15, 0.2) is 0 Å². The van der Waals surface area contributed by atoms with E-state index in [-0.39, 0.29) is 286 Å². The van der Waals surface area contributed by atoms with Gasteiger partial charge in [-0.2, -0.15) is 0 Å². The second-order valence-corrected chi connectivity index (χ2v) is 19.8. The lowest BCUT2D eigenvalue weighted by Crippen LogP contribution is -2.40. The third-order valence-electron chi connectivity index (χ3n) is 12.9. The summed E-state index contributed by atoms with van der Waals surface area (Å²) in [5, 5.41) is 1.85. The summed E-state index contributed by atoms with van der Waals surface area (Å²) in [6.45, 7) is 3.19. The molecule has 0 unspecified atom stereocenters. The number of ether oxygens (including phenoxy) is 12. The maximum Gasteiger partial charge on any atom is 0.335 e. The first kappa shape index (κ1) is 77.3. The first-order valence-corrected chi connectivity index (χ1v) is 30.3. The first-order chi connectivity index (χ1) is 44.5. The Morgan fingerprint density at radius 1 is 0.228 bits per heavy atom. The van der Waals surface area contributed by atoms with Crippen LogP contribution in [-0.2, 0) is 143 Å². The zero-order valence-electron chi connectivity index (χ0n) is 51.6. The van der Waals surface area contributed by atoms with Crippen LogP contribution >= 0.6 is 0 Å². The number of hydroxylamine groups is 8. The van der Waals surface area contributed by atoms with E-state index in [1.807, 2.05) is 0 Å². The Labute approximate surface area is 529 Å².